The quantitative estimate of drug-likeness (QED) is 0.270. The third-order valence-corrected chi connectivity index (χ3v) is 8.47. The van der Waals surface area contributed by atoms with Gasteiger partial charge in [0, 0.05) is 29.3 Å². The first kappa shape index (κ1) is 27.0. The number of nitrogens with one attached hydrogen (secondary N) is 1. The summed E-state index contributed by atoms with van der Waals surface area (Å²) in [5.74, 6) is 0.590. The van der Waals surface area contributed by atoms with Gasteiger partial charge in [-0.1, -0.05) is 48.5 Å². The number of carbonyl (C=O) groups excluding carboxylic acids is 1. The van der Waals surface area contributed by atoms with E-state index in [1.54, 1.807) is 74.3 Å². The monoisotopic (exact) mass is 555 g/mol. The van der Waals surface area contributed by atoms with Crippen molar-refractivity contribution >= 4 is 32.7 Å². The smallest absolute Gasteiger partial charge is 0.245 e. The number of hydrogen-bond donors (Lipinski definition) is 1. The predicted molar refractivity (Wildman–Crippen MR) is 155 cm³/mol. The molecule has 1 N–H and O–H groups in total. The van der Waals surface area contributed by atoms with Crippen molar-refractivity contribution in [3.8, 4) is 22.7 Å². The molecule has 3 aromatic carbocycles. The van der Waals surface area contributed by atoms with Crippen molar-refractivity contribution in [3.05, 3.63) is 97.2 Å². The Labute approximate surface area is 233 Å². The van der Waals surface area contributed by atoms with Crippen LogP contribution in [0.25, 0.3) is 27.8 Å². The molecule has 0 bridgehead atoms. The fourth-order valence-corrected chi connectivity index (χ4v) is 6.18. The van der Waals surface area contributed by atoms with E-state index in [1.165, 1.54) is 10.4 Å². The van der Waals surface area contributed by atoms with E-state index in [9.17, 15) is 13.2 Å². The van der Waals surface area contributed by atoms with Crippen LogP contribution in [-0.4, -0.2) is 53.1 Å². The van der Waals surface area contributed by atoms with Crippen molar-refractivity contribution in [2.24, 2.45) is 0 Å². The molecule has 0 atom stereocenters. The summed E-state index contributed by atoms with van der Waals surface area (Å²) in [4.78, 5) is 17.8. The number of sulfonamides is 1. The number of hydrogen-bond acceptors (Lipinski definition) is 6. The van der Waals surface area contributed by atoms with Crippen LogP contribution in [-0.2, 0) is 14.8 Å². The van der Waals surface area contributed by atoms with Crippen molar-refractivity contribution in [2.75, 3.05) is 19.0 Å². The zero-order chi connectivity index (χ0) is 28.3. The summed E-state index contributed by atoms with van der Waals surface area (Å²) >= 11 is 0. The van der Waals surface area contributed by atoms with Crippen LogP contribution < -0.4 is 10.1 Å². The lowest BCUT2D eigenvalue weighted by Gasteiger charge is -2.25. The molecule has 0 aliphatic carbocycles. The van der Waals surface area contributed by atoms with Crippen LogP contribution in [0, 0.1) is 0 Å². The van der Waals surface area contributed by atoms with Gasteiger partial charge in [-0.05, 0) is 50.2 Å². The Balaban J connectivity index is 1.47. The molecule has 0 saturated carbocycles. The van der Waals surface area contributed by atoms with E-state index >= 15 is 0 Å². The Morgan fingerprint density at radius 2 is 1.70 bits per heavy atom. The van der Waals surface area contributed by atoms with Crippen LogP contribution in [0.1, 0.15) is 13.8 Å². The number of rotatable bonds is 9. The highest BCUT2D eigenvalue weighted by Crippen LogP contribution is 2.28. The number of benzene rings is 3. The number of carbonyl (C=O) groups is 1. The van der Waals surface area contributed by atoms with Gasteiger partial charge in [0.15, 0.2) is 0 Å². The van der Waals surface area contributed by atoms with Crippen molar-refractivity contribution in [3.63, 3.8) is 0 Å². The maximum atomic E-state index is 13.8. The number of aromatic nitrogens is 3. The van der Waals surface area contributed by atoms with Crippen molar-refractivity contribution in [1.29, 1.82) is 0 Å². The highest BCUT2D eigenvalue weighted by atomic mass is 32.2. The number of para-hydroxylation sites is 1. The van der Waals surface area contributed by atoms with Gasteiger partial charge < -0.3 is 10.1 Å². The Morgan fingerprint density at radius 1 is 0.975 bits per heavy atom. The molecule has 0 saturated heterocycles. The SMILES string of the molecule is COc1ccc(-n2nc(-c3ccccc3)cc2NC(=O)CN(C(C)C)S(=O)(=O)c2cccc3cccnc23)cc1. The molecule has 0 unspecified atom stereocenters. The van der Waals surface area contributed by atoms with Gasteiger partial charge in [-0.2, -0.15) is 9.40 Å². The third kappa shape index (κ3) is 5.45. The van der Waals surface area contributed by atoms with Gasteiger partial charge in [0.05, 0.1) is 30.6 Å². The van der Waals surface area contributed by atoms with Gasteiger partial charge in [0.1, 0.15) is 16.5 Å². The van der Waals surface area contributed by atoms with E-state index < -0.39 is 28.5 Å². The first-order chi connectivity index (χ1) is 19.3. The molecule has 5 aromatic rings. The number of nitrogens with zero attached hydrogens (tertiary/aromatic N) is 4. The Bertz CT molecular complexity index is 1750. The van der Waals surface area contributed by atoms with Crippen molar-refractivity contribution in [2.45, 2.75) is 24.8 Å². The second kappa shape index (κ2) is 11.3. The first-order valence-electron chi connectivity index (χ1n) is 12.7. The normalized spacial score (nSPS) is 11.7. The minimum Gasteiger partial charge on any atom is -0.497 e. The van der Waals surface area contributed by atoms with Crippen LogP contribution in [0.4, 0.5) is 5.82 Å². The largest absolute Gasteiger partial charge is 0.497 e. The maximum absolute atomic E-state index is 13.8. The Morgan fingerprint density at radius 3 is 2.40 bits per heavy atom. The number of anilines is 1. The number of methoxy groups -OCH3 is 1. The first-order valence-corrected chi connectivity index (χ1v) is 14.2. The van der Waals surface area contributed by atoms with E-state index in [2.05, 4.69) is 10.3 Å². The van der Waals surface area contributed by atoms with Gasteiger partial charge in [-0.25, -0.2) is 13.1 Å². The highest BCUT2D eigenvalue weighted by Gasteiger charge is 2.31. The summed E-state index contributed by atoms with van der Waals surface area (Å²) in [5.41, 5.74) is 2.59. The molecular weight excluding hydrogens is 526 g/mol. The summed E-state index contributed by atoms with van der Waals surface area (Å²) in [7, 11) is -2.46. The molecule has 0 aliphatic heterocycles. The average molecular weight is 556 g/mol. The van der Waals surface area contributed by atoms with Gasteiger partial charge in [0.25, 0.3) is 0 Å². The third-order valence-electron chi connectivity index (χ3n) is 6.42. The minimum atomic E-state index is -4.05. The Hall–Kier alpha value is -4.54. The van der Waals surface area contributed by atoms with Gasteiger partial charge in [0.2, 0.25) is 15.9 Å². The summed E-state index contributed by atoms with van der Waals surface area (Å²) in [6.45, 7) is 3.08. The van der Waals surface area contributed by atoms with Gasteiger partial charge in [-0.15, -0.1) is 0 Å². The van der Waals surface area contributed by atoms with Crippen molar-refractivity contribution in [1.82, 2.24) is 19.1 Å². The molecular formula is C30H29N5O4S. The number of ether oxygens (including phenoxy) is 1. The minimum absolute atomic E-state index is 0.0572. The molecule has 40 heavy (non-hydrogen) atoms. The number of amides is 1. The van der Waals surface area contributed by atoms with E-state index in [0.717, 1.165) is 5.56 Å². The summed E-state index contributed by atoms with van der Waals surface area (Å²) in [6.07, 6.45) is 1.55. The molecule has 5 rings (SSSR count). The zero-order valence-corrected chi connectivity index (χ0v) is 23.2. The lowest BCUT2D eigenvalue weighted by atomic mass is 10.2. The van der Waals surface area contributed by atoms with E-state index in [-0.39, 0.29) is 4.90 Å². The molecule has 0 aliphatic rings. The van der Waals surface area contributed by atoms with Gasteiger partial charge >= 0.3 is 0 Å². The fourth-order valence-electron chi connectivity index (χ4n) is 4.42. The van der Waals surface area contributed by atoms with E-state index in [1.807, 2.05) is 42.5 Å². The second-order valence-corrected chi connectivity index (χ2v) is 11.3. The lowest BCUT2D eigenvalue weighted by molar-refractivity contribution is -0.116. The average Bonchev–Trinajstić information content (AvgIpc) is 3.39. The van der Waals surface area contributed by atoms with Gasteiger partial charge in [-0.3, -0.25) is 9.78 Å². The van der Waals surface area contributed by atoms with Crippen LogP contribution in [0.5, 0.6) is 5.75 Å². The molecule has 2 heterocycles. The molecule has 10 heteroatoms. The topological polar surface area (TPSA) is 106 Å². The lowest BCUT2D eigenvalue weighted by Crippen LogP contribution is -2.42. The number of pyridine rings is 1. The summed E-state index contributed by atoms with van der Waals surface area (Å²) < 4.78 is 35.6. The van der Waals surface area contributed by atoms with Crippen molar-refractivity contribution < 1.29 is 17.9 Å². The molecule has 0 radical (unpaired) electrons. The standard InChI is InChI=1S/C30H29N5O4S/c1-21(2)34(40(37,38)27-13-7-11-23-12-8-18-31-30(23)27)20-29(36)32-28-19-26(22-9-5-4-6-10-22)33-35(28)24-14-16-25(39-3)17-15-24/h4-19,21H,20H2,1-3H3,(H,32,36). The van der Waals surface area contributed by atoms with Crippen LogP contribution in [0.3, 0.4) is 0 Å². The predicted octanol–water partition coefficient (Wildman–Crippen LogP) is 5.13. The van der Waals surface area contributed by atoms with Crippen LogP contribution >= 0.6 is 0 Å². The Kier molecular flexibility index (Phi) is 7.63. The van der Waals surface area contributed by atoms with E-state index in [4.69, 9.17) is 9.84 Å². The van der Waals surface area contributed by atoms with E-state index in [0.29, 0.717) is 33.9 Å². The molecule has 2 aromatic heterocycles. The van der Waals surface area contributed by atoms with Crippen LogP contribution in [0.15, 0.2) is 102 Å². The molecule has 204 valence electrons. The summed E-state index contributed by atoms with van der Waals surface area (Å²) in [6, 6.07) is 26.7. The fraction of sp³-hybridized carbons (Fsp3) is 0.167. The molecule has 9 nitrogen and oxygen atoms in total. The highest BCUT2D eigenvalue weighted by molar-refractivity contribution is 7.89. The number of fused-ring (bicyclic) bond motifs is 1. The summed E-state index contributed by atoms with van der Waals surface area (Å²) in [5, 5.41) is 8.31. The molecule has 0 fully saturated rings. The second-order valence-electron chi connectivity index (χ2n) is 9.41. The molecule has 0 spiro atoms. The maximum Gasteiger partial charge on any atom is 0.245 e. The van der Waals surface area contributed by atoms with Crippen LogP contribution in [0.2, 0.25) is 0 Å². The zero-order valence-electron chi connectivity index (χ0n) is 22.4. The molecule has 1 amide bonds.